The number of fused-ring (bicyclic) bond motifs is 1. The molecule has 6 heteroatoms. The first-order chi connectivity index (χ1) is 11.6. The second-order valence-corrected chi connectivity index (χ2v) is 6.65. The van der Waals surface area contributed by atoms with Gasteiger partial charge in [-0.2, -0.15) is 0 Å². The van der Waals surface area contributed by atoms with E-state index in [1.165, 1.54) is 18.4 Å². The van der Waals surface area contributed by atoms with E-state index < -0.39 is 0 Å². The van der Waals surface area contributed by atoms with Crippen LogP contribution in [0.15, 0.2) is 18.5 Å². The van der Waals surface area contributed by atoms with Gasteiger partial charge in [0.15, 0.2) is 0 Å². The van der Waals surface area contributed by atoms with E-state index in [9.17, 15) is 4.79 Å². The summed E-state index contributed by atoms with van der Waals surface area (Å²) in [5, 5.41) is 0. The Bertz CT molecular complexity index is 710. The van der Waals surface area contributed by atoms with Crippen LogP contribution in [-0.4, -0.2) is 65.6 Å². The number of carbonyl (C=O) groups excluding carboxylic acids is 1. The van der Waals surface area contributed by atoms with Crippen molar-refractivity contribution in [2.24, 2.45) is 0 Å². The van der Waals surface area contributed by atoms with Crippen molar-refractivity contribution in [1.29, 1.82) is 0 Å². The Kier molecular flexibility index (Phi) is 5.16. The predicted octanol–water partition coefficient (Wildman–Crippen LogP) is 2.27. The number of hydrogen-bond acceptors (Lipinski definition) is 5. The molecule has 1 saturated heterocycles. The van der Waals surface area contributed by atoms with E-state index in [0.29, 0.717) is 18.2 Å². The molecular formula is C18H26N4O2. The van der Waals surface area contributed by atoms with Crippen molar-refractivity contribution >= 4 is 17.0 Å². The SMILES string of the molecule is CCOC(=O)c1cnc2c(CN3CCCC(N(C)C)C3)c[nH]c2c1. The average molecular weight is 330 g/mol. The quantitative estimate of drug-likeness (QED) is 0.852. The van der Waals surface area contributed by atoms with Gasteiger partial charge < -0.3 is 14.6 Å². The number of aromatic amines is 1. The normalized spacial score (nSPS) is 19.1. The molecule has 0 spiro atoms. The van der Waals surface area contributed by atoms with Crippen LogP contribution in [0.25, 0.3) is 11.0 Å². The summed E-state index contributed by atoms with van der Waals surface area (Å²) >= 11 is 0. The van der Waals surface area contributed by atoms with Gasteiger partial charge in [-0.25, -0.2) is 4.79 Å². The molecule has 24 heavy (non-hydrogen) atoms. The topological polar surface area (TPSA) is 61.5 Å². The van der Waals surface area contributed by atoms with Gasteiger partial charge in [-0.05, 0) is 46.5 Å². The number of hydrogen-bond donors (Lipinski definition) is 1. The van der Waals surface area contributed by atoms with Crippen LogP contribution in [-0.2, 0) is 11.3 Å². The smallest absolute Gasteiger partial charge is 0.339 e. The molecule has 1 aliphatic rings. The number of aromatic nitrogens is 2. The molecule has 2 aromatic heterocycles. The molecule has 1 atom stereocenters. The summed E-state index contributed by atoms with van der Waals surface area (Å²) in [5.74, 6) is -0.326. The van der Waals surface area contributed by atoms with Gasteiger partial charge in [0.05, 0.1) is 23.2 Å². The van der Waals surface area contributed by atoms with Crippen molar-refractivity contribution in [2.45, 2.75) is 32.4 Å². The Balaban J connectivity index is 1.75. The van der Waals surface area contributed by atoms with E-state index in [4.69, 9.17) is 4.74 Å². The van der Waals surface area contributed by atoms with E-state index in [1.807, 2.05) is 12.3 Å². The lowest BCUT2D eigenvalue weighted by Gasteiger charge is -2.36. The van der Waals surface area contributed by atoms with Crippen LogP contribution in [0.3, 0.4) is 0 Å². The Morgan fingerprint density at radius 1 is 1.50 bits per heavy atom. The molecule has 1 unspecified atom stereocenters. The van der Waals surface area contributed by atoms with Crippen LogP contribution in [0.4, 0.5) is 0 Å². The molecular weight excluding hydrogens is 304 g/mol. The maximum absolute atomic E-state index is 11.8. The number of pyridine rings is 1. The van der Waals surface area contributed by atoms with Crippen molar-refractivity contribution in [2.75, 3.05) is 33.8 Å². The molecule has 0 amide bonds. The van der Waals surface area contributed by atoms with E-state index in [-0.39, 0.29) is 5.97 Å². The summed E-state index contributed by atoms with van der Waals surface area (Å²) in [7, 11) is 4.30. The molecule has 0 aliphatic carbocycles. The third kappa shape index (κ3) is 3.60. The maximum Gasteiger partial charge on any atom is 0.339 e. The van der Waals surface area contributed by atoms with Gasteiger partial charge in [0.1, 0.15) is 0 Å². The molecule has 0 saturated carbocycles. The molecule has 0 bridgehead atoms. The van der Waals surface area contributed by atoms with E-state index in [2.05, 4.69) is 33.9 Å². The summed E-state index contributed by atoms with van der Waals surface area (Å²) < 4.78 is 5.03. The highest BCUT2D eigenvalue weighted by Crippen LogP contribution is 2.22. The van der Waals surface area contributed by atoms with E-state index >= 15 is 0 Å². The minimum atomic E-state index is -0.326. The highest BCUT2D eigenvalue weighted by molar-refractivity contribution is 5.93. The van der Waals surface area contributed by atoms with Gasteiger partial charge in [-0.15, -0.1) is 0 Å². The van der Waals surface area contributed by atoms with Crippen molar-refractivity contribution < 1.29 is 9.53 Å². The highest BCUT2D eigenvalue weighted by Gasteiger charge is 2.22. The lowest BCUT2D eigenvalue weighted by atomic mass is 10.0. The Morgan fingerprint density at radius 2 is 2.33 bits per heavy atom. The van der Waals surface area contributed by atoms with Crippen LogP contribution < -0.4 is 0 Å². The van der Waals surface area contributed by atoms with Crippen LogP contribution >= 0.6 is 0 Å². The van der Waals surface area contributed by atoms with Crippen molar-refractivity contribution in [1.82, 2.24) is 19.8 Å². The van der Waals surface area contributed by atoms with Crippen molar-refractivity contribution in [3.8, 4) is 0 Å². The average Bonchev–Trinajstić information content (AvgIpc) is 2.97. The van der Waals surface area contributed by atoms with Gasteiger partial charge in [-0.3, -0.25) is 9.88 Å². The van der Waals surface area contributed by atoms with Gasteiger partial charge in [-0.1, -0.05) is 0 Å². The lowest BCUT2D eigenvalue weighted by molar-refractivity contribution is 0.0526. The maximum atomic E-state index is 11.8. The zero-order chi connectivity index (χ0) is 17.1. The van der Waals surface area contributed by atoms with Gasteiger partial charge in [0.2, 0.25) is 0 Å². The first-order valence-electron chi connectivity index (χ1n) is 8.60. The van der Waals surface area contributed by atoms with E-state index in [0.717, 1.165) is 30.7 Å². The zero-order valence-electron chi connectivity index (χ0n) is 14.7. The number of piperidine rings is 1. The molecule has 1 N–H and O–H groups in total. The largest absolute Gasteiger partial charge is 0.462 e. The molecule has 1 fully saturated rings. The number of H-pyrrole nitrogens is 1. The first-order valence-corrected chi connectivity index (χ1v) is 8.60. The zero-order valence-corrected chi connectivity index (χ0v) is 14.7. The Hall–Kier alpha value is -1.92. The number of likely N-dealkylation sites (tertiary alicyclic amines) is 1. The summed E-state index contributed by atoms with van der Waals surface area (Å²) in [5.41, 5.74) is 3.50. The Morgan fingerprint density at radius 3 is 3.08 bits per heavy atom. The number of likely N-dealkylation sites (N-methyl/N-ethyl adjacent to an activating group) is 1. The highest BCUT2D eigenvalue weighted by atomic mass is 16.5. The predicted molar refractivity (Wildman–Crippen MR) is 94.0 cm³/mol. The van der Waals surface area contributed by atoms with Gasteiger partial charge in [0.25, 0.3) is 0 Å². The third-order valence-corrected chi connectivity index (χ3v) is 4.71. The van der Waals surface area contributed by atoms with Gasteiger partial charge in [0, 0.05) is 37.1 Å². The molecule has 6 nitrogen and oxygen atoms in total. The second-order valence-electron chi connectivity index (χ2n) is 6.65. The summed E-state index contributed by atoms with van der Waals surface area (Å²) in [6.45, 7) is 5.26. The molecule has 0 radical (unpaired) electrons. The van der Waals surface area contributed by atoms with Crippen LogP contribution in [0.5, 0.6) is 0 Å². The minimum absolute atomic E-state index is 0.326. The summed E-state index contributed by atoms with van der Waals surface area (Å²) in [6, 6.07) is 2.44. The molecule has 3 heterocycles. The lowest BCUT2D eigenvalue weighted by Crippen LogP contribution is -2.44. The minimum Gasteiger partial charge on any atom is -0.462 e. The summed E-state index contributed by atoms with van der Waals surface area (Å²) in [6.07, 6.45) is 6.10. The van der Waals surface area contributed by atoms with Crippen molar-refractivity contribution in [3.63, 3.8) is 0 Å². The first kappa shape index (κ1) is 16.9. The molecule has 2 aromatic rings. The number of nitrogens with zero attached hydrogens (tertiary/aromatic N) is 3. The Labute approximate surface area is 142 Å². The second kappa shape index (κ2) is 7.32. The van der Waals surface area contributed by atoms with Crippen molar-refractivity contribution in [3.05, 3.63) is 29.6 Å². The van der Waals surface area contributed by atoms with Gasteiger partial charge >= 0.3 is 5.97 Å². The van der Waals surface area contributed by atoms with Crippen LogP contribution in [0, 0.1) is 0 Å². The molecule has 1 aliphatic heterocycles. The summed E-state index contributed by atoms with van der Waals surface area (Å²) in [4.78, 5) is 24.4. The fourth-order valence-electron chi connectivity index (χ4n) is 3.35. The number of esters is 1. The molecule has 130 valence electrons. The van der Waals surface area contributed by atoms with E-state index in [1.54, 1.807) is 13.1 Å². The fourth-order valence-corrected chi connectivity index (χ4v) is 3.35. The monoisotopic (exact) mass is 330 g/mol. The third-order valence-electron chi connectivity index (χ3n) is 4.71. The number of ether oxygens (including phenoxy) is 1. The number of nitrogens with one attached hydrogen (secondary N) is 1. The fraction of sp³-hybridized carbons (Fsp3) is 0.556. The standard InChI is InChI=1S/C18H26N4O2/c1-4-24-18(23)13-8-16-17(20-9-13)14(10-19-16)11-22-7-5-6-15(12-22)21(2)3/h8-10,15,19H,4-7,11-12H2,1-3H3. The molecule has 3 rings (SSSR count). The van der Waals surface area contributed by atoms with Crippen LogP contribution in [0.1, 0.15) is 35.7 Å². The van der Waals surface area contributed by atoms with Crippen LogP contribution in [0.2, 0.25) is 0 Å². The molecule has 0 aromatic carbocycles. The number of rotatable bonds is 5. The number of carbonyl (C=O) groups is 1.